The van der Waals surface area contributed by atoms with Crippen molar-refractivity contribution in [3.8, 4) is 17.0 Å². The van der Waals surface area contributed by atoms with Crippen LogP contribution in [0.25, 0.3) is 11.3 Å². The summed E-state index contributed by atoms with van der Waals surface area (Å²) in [5.74, 6) is 1.69. The molecule has 4 rings (SSSR count). The molecule has 0 spiro atoms. The minimum absolute atomic E-state index is 0.563. The van der Waals surface area contributed by atoms with E-state index in [9.17, 15) is 0 Å². The highest BCUT2D eigenvalue weighted by Gasteiger charge is 2.29. The molecule has 0 bridgehead atoms. The highest BCUT2D eigenvalue weighted by atomic mass is 35.5. The SMILES string of the molecule is COc1ccc(-c2cnc(SCc3ccccc3Cl)n2C2CC2)cc1. The first kappa shape index (κ1) is 16.6. The van der Waals surface area contributed by atoms with E-state index < -0.39 is 0 Å². The molecule has 3 nitrogen and oxygen atoms in total. The van der Waals surface area contributed by atoms with Gasteiger partial charge in [-0.25, -0.2) is 4.98 Å². The molecule has 0 atom stereocenters. The number of methoxy groups -OCH3 is 1. The highest BCUT2D eigenvalue weighted by molar-refractivity contribution is 7.98. The summed E-state index contributed by atoms with van der Waals surface area (Å²) in [4.78, 5) is 4.69. The fourth-order valence-corrected chi connectivity index (χ4v) is 4.20. The Morgan fingerprint density at radius 3 is 2.60 bits per heavy atom. The van der Waals surface area contributed by atoms with Gasteiger partial charge in [-0.2, -0.15) is 0 Å². The van der Waals surface area contributed by atoms with Crippen molar-refractivity contribution >= 4 is 23.4 Å². The molecule has 1 aliphatic carbocycles. The van der Waals surface area contributed by atoms with Crippen molar-refractivity contribution in [2.45, 2.75) is 29.8 Å². The van der Waals surface area contributed by atoms with Gasteiger partial charge >= 0.3 is 0 Å². The van der Waals surface area contributed by atoms with Crippen LogP contribution >= 0.6 is 23.4 Å². The topological polar surface area (TPSA) is 27.1 Å². The fraction of sp³-hybridized carbons (Fsp3) is 0.250. The van der Waals surface area contributed by atoms with E-state index in [1.54, 1.807) is 18.9 Å². The third-order valence-electron chi connectivity index (χ3n) is 4.38. The number of ether oxygens (including phenoxy) is 1. The largest absolute Gasteiger partial charge is 0.497 e. The molecule has 0 N–H and O–H groups in total. The van der Waals surface area contributed by atoms with E-state index >= 15 is 0 Å². The minimum atomic E-state index is 0.563. The Morgan fingerprint density at radius 1 is 1.16 bits per heavy atom. The van der Waals surface area contributed by atoms with Crippen LogP contribution in [0.15, 0.2) is 59.9 Å². The number of rotatable bonds is 6. The smallest absolute Gasteiger partial charge is 0.169 e. The van der Waals surface area contributed by atoms with Gasteiger partial charge in [0.05, 0.1) is 19.0 Å². The monoisotopic (exact) mass is 370 g/mol. The van der Waals surface area contributed by atoms with E-state index in [2.05, 4.69) is 22.8 Å². The number of halogens is 1. The van der Waals surface area contributed by atoms with Crippen molar-refractivity contribution in [3.63, 3.8) is 0 Å². The molecule has 1 saturated carbocycles. The van der Waals surface area contributed by atoms with Crippen molar-refractivity contribution in [1.29, 1.82) is 0 Å². The van der Waals surface area contributed by atoms with Crippen molar-refractivity contribution in [2.75, 3.05) is 7.11 Å². The summed E-state index contributed by atoms with van der Waals surface area (Å²) in [6.07, 6.45) is 4.42. The molecular formula is C20H19ClN2OS. The zero-order valence-electron chi connectivity index (χ0n) is 14.0. The number of hydrogen-bond acceptors (Lipinski definition) is 3. The van der Waals surface area contributed by atoms with E-state index in [0.29, 0.717) is 6.04 Å². The second-order valence-electron chi connectivity index (χ2n) is 6.14. The molecule has 0 saturated heterocycles. The first-order valence-corrected chi connectivity index (χ1v) is 9.70. The zero-order chi connectivity index (χ0) is 17.2. The maximum absolute atomic E-state index is 6.28. The zero-order valence-corrected chi connectivity index (χ0v) is 15.6. The van der Waals surface area contributed by atoms with Gasteiger partial charge < -0.3 is 9.30 Å². The molecule has 0 radical (unpaired) electrons. The van der Waals surface area contributed by atoms with Gasteiger partial charge in [0.25, 0.3) is 0 Å². The Morgan fingerprint density at radius 2 is 1.92 bits per heavy atom. The molecule has 25 heavy (non-hydrogen) atoms. The van der Waals surface area contributed by atoms with Crippen LogP contribution in [0.1, 0.15) is 24.4 Å². The minimum Gasteiger partial charge on any atom is -0.497 e. The second-order valence-corrected chi connectivity index (χ2v) is 7.49. The van der Waals surface area contributed by atoms with E-state index in [-0.39, 0.29) is 0 Å². The van der Waals surface area contributed by atoms with E-state index in [0.717, 1.165) is 27.2 Å². The predicted molar refractivity (Wildman–Crippen MR) is 103 cm³/mol. The Bertz CT molecular complexity index is 872. The van der Waals surface area contributed by atoms with Crippen LogP contribution in [0.3, 0.4) is 0 Å². The van der Waals surface area contributed by atoms with E-state index in [4.69, 9.17) is 21.3 Å². The standard InChI is InChI=1S/C20H19ClN2OS/c1-24-17-10-6-14(7-11-17)19-12-22-20(23(19)16-8-9-16)25-13-15-4-2-3-5-18(15)21/h2-7,10-12,16H,8-9,13H2,1H3. The lowest BCUT2D eigenvalue weighted by Gasteiger charge is -2.11. The van der Waals surface area contributed by atoms with Gasteiger partial charge in [-0.3, -0.25) is 0 Å². The number of thioether (sulfide) groups is 1. The number of hydrogen-bond donors (Lipinski definition) is 0. The van der Waals surface area contributed by atoms with Crippen LogP contribution in [0, 0.1) is 0 Å². The first-order chi connectivity index (χ1) is 12.3. The molecule has 0 aliphatic heterocycles. The van der Waals surface area contributed by atoms with Crippen molar-refractivity contribution < 1.29 is 4.74 Å². The Hall–Kier alpha value is -1.91. The van der Waals surface area contributed by atoms with Crippen LogP contribution in [0.2, 0.25) is 5.02 Å². The average Bonchev–Trinajstić information content (AvgIpc) is 3.40. The second kappa shape index (κ2) is 7.14. The molecule has 0 amide bonds. The van der Waals surface area contributed by atoms with Gasteiger partial charge in [-0.1, -0.05) is 41.6 Å². The summed E-state index contributed by atoms with van der Waals surface area (Å²) in [7, 11) is 1.69. The summed E-state index contributed by atoms with van der Waals surface area (Å²) >= 11 is 8.03. The number of imidazole rings is 1. The van der Waals surface area contributed by atoms with Crippen LogP contribution in [0.5, 0.6) is 5.75 Å². The molecule has 1 heterocycles. The number of benzene rings is 2. The van der Waals surface area contributed by atoms with Crippen LogP contribution in [0.4, 0.5) is 0 Å². The lowest BCUT2D eigenvalue weighted by molar-refractivity contribution is 0.415. The van der Waals surface area contributed by atoms with Crippen molar-refractivity contribution in [2.24, 2.45) is 0 Å². The quantitative estimate of drug-likeness (QED) is 0.510. The fourth-order valence-electron chi connectivity index (χ4n) is 2.87. The molecule has 1 fully saturated rings. The van der Waals surface area contributed by atoms with Gasteiger partial charge in [0.1, 0.15) is 5.75 Å². The number of nitrogens with zero attached hydrogens (tertiary/aromatic N) is 2. The summed E-state index contributed by atoms with van der Waals surface area (Å²) in [6, 6.07) is 16.7. The predicted octanol–water partition coefficient (Wildman–Crippen LogP) is 5.84. The van der Waals surface area contributed by atoms with E-state index in [1.165, 1.54) is 24.1 Å². The van der Waals surface area contributed by atoms with Gasteiger partial charge in [0.15, 0.2) is 5.16 Å². The van der Waals surface area contributed by atoms with Crippen LogP contribution in [-0.4, -0.2) is 16.7 Å². The van der Waals surface area contributed by atoms with Crippen molar-refractivity contribution in [3.05, 3.63) is 65.3 Å². The van der Waals surface area contributed by atoms with Crippen molar-refractivity contribution in [1.82, 2.24) is 9.55 Å². The maximum Gasteiger partial charge on any atom is 0.169 e. The summed E-state index contributed by atoms with van der Waals surface area (Å²) in [5.41, 5.74) is 3.49. The van der Waals surface area contributed by atoms with Gasteiger partial charge in [-0.05, 0) is 48.7 Å². The van der Waals surface area contributed by atoms with Crippen LogP contribution in [-0.2, 0) is 5.75 Å². The van der Waals surface area contributed by atoms with Gasteiger partial charge in [0.2, 0.25) is 0 Å². The van der Waals surface area contributed by atoms with Gasteiger partial charge in [-0.15, -0.1) is 0 Å². The number of aromatic nitrogens is 2. The third-order valence-corrected chi connectivity index (χ3v) is 5.76. The van der Waals surface area contributed by atoms with E-state index in [1.807, 2.05) is 36.5 Å². The molecule has 0 unspecified atom stereocenters. The molecule has 1 aliphatic rings. The highest BCUT2D eigenvalue weighted by Crippen LogP contribution is 2.42. The molecule has 2 aromatic carbocycles. The lowest BCUT2D eigenvalue weighted by atomic mass is 10.1. The Balaban J connectivity index is 1.61. The normalized spacial score (nSPS) is 13.8. The Labute approximate surface area is 157 Å². The maximum atomic E-state index is 6.28. The molecular weight excluding hydrogens is 352 g/mol. The molecule has 1 aromatic heterocycles. The average molecular weight is 371 g/mol. The summed E-state index contributed by atoms with van der Waals surface area (Å²) < 4.78 is 7.64. The van der Waals surface area contributed by atoms with Gasteiger partial charge in [0, 0.05) is 22.4 Å². The molecule has 3 aromatic rings. The first-order valence-electron chi connectivity index (χ1n) is 8.34. The Kier molecular flexibility index (Phi) is 4.73. The summed E-state index contributed by atoms with van der Waals surface area (Å²) in [5, 5.41) is 1.88. The molecule has 5 heteroatoms. The van der Waals surface area contributed by atoms with Crippen LogP contribution < -0.4 is 4.74 Å². The third kappa shape index (κ3) is 3.55. The molecule has 128 valence electrons. The lowest BCUT2D eigenvalue weighted by Crippen LogP contribution is -1.99. The summed E-state index contributed by atoms with van der Waals surface area (Å²) in [6.45, 7) is 0.